The first-order chi connectivity index (χ1) is 20.4. The molecule has 4 atom stereocenters. The normalized spacial score (nSPS) is 14.0. The Morgan fingerprint density at radius 2 is 1.42 bits per heavy atom. The van der Waals surface area contributed by atoms with Crippen molar-refractivity contribution in [3.05, 3.63) is 71.9 Å². The van der Waals surface area contributed by atoms with Crippen molar-refractivity contribution in [2.24, 2.45) is 17.4 Å². The molecular formula is C31H40N6O6. The number of aromatic amines is 1. The number of hydrogen-bond acceptors (Lipinski definition) is 6. The first kappa shape index (κ1) is 32.8. The number of para-hydroxylation sites is 1. The van der Waals surface area contributed by atoms with Gasteiger partial charge in [0.15, 0.2) is 0 Å². The first-order valence-electron chi connectivity index (χ1n) is 14.2. The minimum Gasteiger partial charge on any atom is -0.480 e. The Morgan fingerprint density at radius 1 is 0.814 bits per heavy atom. The molecule has 0 aliphatic carbocycles. The molecule has 43 heavy (non-hydrogen) atoms. The van der Waals surface area contributed by atoms with E-state index in [-0.39, 0.29) is 38.0 Å². The molecule has 4 unspecified atom stereocenters. The molecule has 0 spiro atoms. The number of hydrogen-bond donors (Lipinski definition) is 7. The van der Waals surface area contributed by atoms with Crippen molar-refractivity contribution in [1.29, 1.82) is 0 Å². The molecule has 0 aliphatic heterocycles. The Labute approximate surface area is 250 Å². The van der Waals surface area contributed by atoms with Crippen LogP contribution < -0.4 is 27.4 Å². The van der Waals surface area contributed by atoms with Gasteiger partial charge in [-0.3, -0.25) is 19.2 Å². The van der Waals surface area contributed by atoms with Gasteiger partial charge >= 0.3 is 5.97 Å². The standard InChI is InChI=1S/C31H40N6O6/c1-18(2)14-26(31(42)43)37-30(41)25(15-19-8-4-3-5-9-19)36-29(40)24(12-13-27(33)38)35-28(39)22(32)16-20-17-34-23-11-7-6-10-21(20)23/h3-11,17-18,22,24-26,34H,12-16,32H2,1-2H3,(H2,33,38)(H,35,39)(H,36,40)(H,37,41)(H,42,43). The van der Waals surface area contributed by atoms with Crippen LogP contribution in [0, 0.1) is 5.92 Å². The highest BCUT2D eigenvalue weighted by Crippen LogP contribution is 2.19. The van der Waals surface area contributed by atoms with E-state index in [1.54, 1.807) is 36.5 Å². The van der Waals surface area contributed by atoms with E-state index >= 15 is 0 Å². The van der Waals surface area contributed by atoms with Crippen molar-refractivity contribution >= 4 is 40.5 Å². The molecule has 0 fully saturated rings. The number of nitrogens with two attached hydrogens (primary N) is 2. The van der Waals surface area contributed by atoms with Crippen LogP contribution in [0.2, 0.25) is 0 Å². The Hall–Kier alpha value is -4.71. The fourth-order valence-electron chi connectivity index (χ4n) is 4.76. The molecule has 12 nitrogen and oxygen atoms in total. The van der Waals surface area contributed by atoms with Crippen molar-refractivity contribution in [1.82, 2.24) is 20.9 Å². The Bertz CT molecular complexity index is 1420. The van der Waals surface area contributed by atoms with E-state index in [4.69, 9.17) is 11.5 Å². The lowest BCUT2D eigenvalue weighted by Crippen LogP contribution is -2.58. The fourth-order valence-corrected chi connectivity index (χ4v) is 4.76. The van der Waals surface area contributed by atoms with Crippen LogP contribution in [0.1, 0.15) is 44.2 Å². The average Bonchev–Trinajstić information content (AvgIpc) is 3.37. The summed E-state index contributed by atoms with van der Waals surface area (Å²) in [6, 6.07) is 11.9. The number of rotatable bonds is 16. The Morgan fingerprint density at radius 3 is 2.07 bits per heavy atom. The molecule has 12 heteroatoms. The predicted molar refractivity (Wildman–Crippen MR) is 161 cm³/mol. The second kappa shape index (κ2) is 15.5. The van der Waals surface area contributed by atoms with E-state index in [0.29, 0.717) is 0 Å². The number of carboxylic acids is 1. The highest BCUT2D eigenvalue weighted by Gasteiger charge is 2.31. The molecule has 2 aromatic carbocycles. The topological polar surface area (TPSA) is 209 Å². The molecule has 230 valence electrons. The molecule has 1 heterocycles. The lowest BCUT2D eigenvalue weighted by Gasteiger charge is -2.25. The van der Waals surface area contributed by atoms with Crippen LogP contribution in [-0.4, -0.2) is 63.9 Å². The third-order valence-corrected chi connectivity index (χ3v) is 7.00. The summed E-state index contributed by atoms with van der Waals surface area (Å²) in [6.45, 7) is 3.67. The fraction of sp³-hybridized carbons (Fsp3) is 0.387. The Balaban J connectivity index is 1.77. The van der Waals surface area contributed by atoms with Gasteiger partial charge in [-0.25, -0.2) is 4.79 Å². The van der Waals surface area contributed by atoms with Gasteiger partial charge in [0.05, 0.1) is 6.04 Å². The summed E-state index contributed by atoms with van der Waals surface area (Å²) in [7, 11) is 0. The maximum atomic E-state index is 13.5. The second-order valence-electron chi connectivity index (χ2n) is 11.0. The van der Waals surface area contributed by atoms with Gasteiger partial charge in [0.1, 0.15) is 18.1 Å². The summed E-state index contributed by atoms with van der Waals surface area (Å²) in [5, 5.41) is 18.3. The van der Waals surface area contributed by atoms with Crippen molar-refractivity contribution in [2.45, 2.75) is 70.1 Å². The third kappa shape index (κ3) is 9.96. The smallest absolute Gasteiger partial charge is 0.326 e. The van der Waals surface area contributed by atoms with E-state index in [2.05, 4.69) is 20.9 Å². The van der Waals surface area contributed by atoms with Gasteiger partial charge in [-0.05, 0) is 42.4 Å². The molecule has 4 amide bonds. The lowest BCUT2D eigenvalue weighted by atomic mass is 10.0. The zero-order chi connectivity index (χ0) is 31.5. The summed E-state index contributed by atoms with van der Waals surface area (Å²) in [5.74, 6) is -3.93. The van der Waals surface area contributed by atoms with Gasteiger partial charge in [-0.1, -0.05) is 62.4 Å². The van der Waals surface area contributed by atoms with Crippen LogP contribution in [0.3, 0.4) is 0 Å². The number of aromatic nitrogens is 1. The number of nitrogens with one attached hydrogen (secondary N) is 4. The molecule has 3 aromatic rings. The number of primary amides is 1. The van der Waals surface area contributed by atoms with Gasteiger partial charge in [0.2, 0.25) is 23.6 Å². The van der Waals surface area contributed by atoms with E-state index in [0.717, 1.165) is 22.0 Å². The van der Waals surface area contributed by atoms with Crippen LogP contribution in [0.4, 0.5) is 0 Å². The van der Waals surface area contributed by atoms with Crippen LogP contribution in [0.5, 0.6) is 0 Å². The molecule has 0 bridgehead atoms. The summed E-state index contributed by atoms with van der Waals surface area (Å²) < 4.78 is 0. The highest BCUT2D eigenvalue weighted by molar-refractivity contribution is 5.95. The van der Waals surface area contributed by atoms with Gasteiger partial charge in [-0.2, -0.15) is 0 Å². The van der Waals surface area contributed by atoms with Crippen molar-refractivity contribution in [2.75, 3.05) is 0 Å². The molecule has 9 N–H and O–H groups in total. The highest BCUT2D eigenvalue weighted by atomic mass is 16.4. The monoisotopic (exact) mass is 592 g/mol. The number of carbonyl (C=O) groups is 5. The summed E-state index contributed by atoms with van der Waals surface area (Å²) in [6.07, 6.45) is 1.87. The van der Waals surface area contributed by atoms with E-state index in [9.17, 15) is 29.1 Å². The minimum absolute atomic E-state index is 0.00887. The summed E-state index contributed by atoms with van der Waals surface area (Å²) >= 11 is 0. The molecule has 0 aliphatic rings. The van der Waals surface area contributed by atoms with Crippen LogP contribution >= 0.6 is 0 Å². The largest absolute Gasteiger partial charge is 0.480 e. The second-order valence-corrected chi connectivity index (χ2v) is 11.0. The van der Waals surface area contributed by atoms with Gasteiger partial charge in [-0.15, -0.1) is 0 Å². The molecule has 0 saturated carbocycles. The number of carbonyl (C=O) groups excluding carboxylic acids is 4. The van der Waals surface area contributed by atoms with E-state index in [1.165, 1.54) is 0 Å². The quantitative estimate of drug-likeness (QED) is 0.129. The number of benzene rings is 2. The maximum absolute atomic E-state index is 13.5. The number of H-pyrrole nitrogens is 1. The van der Waals surface area contributed by atoms with Crippen LogP contribution in [0.25, 0.3) is 10.9 Å². The van der Waals surface area contributed by atoms with Crippen molar-refractivity contribution in [3.8, 4) is 0 Å². The van der Waals surface area contributed by atoms with E-state index < -0.39 is 53.8 Å². The van der Waals surface area contributed by atoms with Gasteiger partial charge in [0.25, 0.3) is 0 Å². The molecule has 1 aromatic heterocycles. The van der Waals surface area contributed by atoms with Crippen LogP contribution in [-0.2, 0) is 36.8 Å². The summed E-state index contributed by atoms with van der Waals surface area (Å²) in [4.78, 5) is 66.4. The zero-order valence-corrected chi connectivity index (χ0v) is 24.3. The lowest BCUT2D eigenvalue weighted by molar-refractivity contribution is -0.142. The number of amides is 4. The Kier molecular flexibility index (Phi) is 11.8. The number of fused-ring (bicyclic) bond motifs is 1. The first-order valence-corrected chi connectivity index (χ1v) is 14.2. The average molecular weight is 593 g/mol. The van der Waals surface area contributed by atoms with Gasteiger partial charge < -0.3 is 37.5 Å². The number of carboxylic acid groups (broad SMARTS) is 1. The van der Waals surface area contributed by atoms with Crippen molar-refractivity contribution in [3.63, 3.8) is 0 Å². The SMILES string of the molecule is CC(C)CC(NC(=O)C(Cc1ccccc1)NC(=O)C(CCC(N)=O)NC(=O)C(N)Cc1c[nH]c2ccccc12)C(=O)O. The van der Waals surface area contributed by atoms with Crippen LogP contribution in [0.15, 0.2) is 60.8 Å². The van der Waals surface area contributed by atoms with E-state index in [1.807, 2.05) is 38.1 Å². The maximum Gasteiger partial charge on any atom is 0.326 e. The minimum atomic E-state index is -1.23. The van der Waals surface area contributed by atoms with Crippen molar-refractivity contribution < 1.29 is 29.1 Å². The zero-order valence-electron chi connectivity index (χ0n) is 24.3. The predicted octanol–water partition coefficient (Wildman–Crippen LogP) is 1.13. The molecular weight excluding hydrogens is 552 g/mol. The molecule has 0 saturated heterocycles. The molecule has 3 rings (SSSR count). The molecule has 0 radical (unpaired) electrons. The third-order valence-electron chi connectivity index (χ3n) is 7.00. The summed E-state index contributed by atoms with van der Waals surface area (Å²) in [5.41, 5.74) is 14.0. The number of aliphatic carboxylic acids is 1. The van der Waals surface area contributed by atoms with Gasteiger partial charge in [0, 0.05) is 29.9 Å².